The normalized spacial score (nSPS) is 9.64. The number of ether oxygens (including phenoxy) is 1. The molecule has 0 atom stereocenters. The monoisotopic (exact) mass is 156 g/mol. The molecule has 1 aromatic carbocycles. The van der Waals surface area contributed by atoms with E-state index in [-0.39, 0.29) is 11.4 Å². The average Bonchev–Trinajstić information content (AvgIpc) is 1.99. The molecule has 1 aromatic rings. The highest BCUT2D eigenvalue weighted by Gasteiger charge is 2.08. The molecule has 0 heterocycles. The number of anilines is 2. The van der Waals surface area contributed by atoms with Crippen LogP contribution < -0.4 is 16.2 Å². The zero-order valence-corrected chi connectivity index (χ0v) is 6.10. The Morgan fingerprint density at radius 1 is 1.36 bits per heavy atom. The van der Waals surface area contributed by atoms with Crippen LogP contribution in [0.15, 0.2) is 12.1 Å². The molecule has 0 aliphatic carbocycles. The van der Waals surface area contributed by atoms with Crippen molar-refractivity contribution in [1.29, 1.82) is 0 Å². The van der Waals surface area contributed by atoms with Gasteiger partial charge in [-0.3, -0.25) is 0 Å². The van der Waals surface area contributed by atoms with Crippen LogP contribution in [0.1, 0.15) is 0 Å². The highest BCUT2D eigenvalue weighted by molar-refractivity contribution is 5.70. The molecule has 3 nitrogen and oxygen atoms in total. The highest BCUT2D eigenvalue weighted by Crippen LogP contribution is 2.29. The summed E-state index contributed by atoms with van der Waals surface area (Å²) in [6.45, 7) is 0. The summed E-state index contributed by atoms with van der Waals surface area (Å²) in [5.74, 6) is -0.496. The summed E-state index contributed by atoms with van der Waals surface area (Å²) in [5, 5.41) is 0. The van der Waals surface area contributed by atoms with Gasteiger partial charge in [0.1, 0.15) is 5.69 Å². The molecule has 60 valence electrons. The molecule has 0 aliphatic heterocycles. The fourth-order valence-corrected chi connectivity index (χ4v) is 0.796. The predicted octanol–water partition coefficient (Wildman–Crippen LogP) is 0.999. The second-order valence-corrected chi connectivity index (χ2v) is 2.08. The Morgan fingerprint density at radius 3 is 2.45 bits per heavy atom. The van der Waals surface area contributed by atoms with Gasteiger partial charge in [-0.2, -0.15) is 0 Å². The number of benzene rings is 1. The summed E-state index contributed by atoms with van der Waals surface area (Å²) in [6, 6.07) is 2.61. The van der Waals surface area contributed by atoms with Crippen LogP contribution in [-0.2, 0) is 0 Å². The molecule has 0 saturated heterocycles. The Bertz CT molecular complexity index is 275. The van der Waals surface area contributed by atoms with Crippen LogP contribution >= 0.6 is 0 Å². The smallest absolute Gasteiger partial charge is 0.179 e. The fraction of sp³-hybridized carbons (Fsp3) is 0.143. The lowest BCUT2D eigenvalue weighted by Gasteiger charge is -2.06. The average molecular weight is 156 g/mol. The highest BCUT2D eigenvalue weighted by atomic mass is 19.1. The summed E-state index contributed by atoms with van der Waals surface area (Å²) in [6.07, 6.45) is 0. The molecular weight excluding hydrogens is 147 g/mol. The maximum absolute atomic E-state index is 12.8. The van der Waals surface area contributed by atoms with Gasteiger partial charge < -0.3 is 16.2 Å². The zero-order chi connectivity index (χ0) is 8.43. The molecule has 11 heavy (non-hydrogen) atoms. The molecule has 0 bridgehead atoms. The van der Waals surface area contributed by atoms with Crippen molar-refractivity contribution in [2.75, 3.05) is 18.6 Å². The van der Waals surface area contributed by atoms with Crippen LogP contribution in [0.3, 0.4) is 0 Å². The molecule has 0 radical (unpaired) electrons. The molecule has 0 saturated carbocycles. The molecule has 0 aromatic heterocycles. The van der Waals surface area contributed by atoms with Gasteiger partial charge in [0.05, 0.1) is 12.8 Å². The van der Waals surface area contributed by atoms with Gasteiger partial charge in [-0.05, 0) is 12.1 Å². The van der Waals surface area contributed by atoms with Crippen molar-refractivity contribution < 1.29 is 9.13 Å². The van der Waals surface area contributed by atoms with E-state index in [1.54, 1.807) is 0 Å². The maximum atomic E-state index is 12.8. The second kappa shape index (κ2) is 2.65. The van der Waals surface area contributed by atoms with Gasteiger partial charge in [0, 0.05) is 0 Å². The van der Waals surface area contributed by atoms with Gasteiger partial charge in [0.2, 0.25) is 0 Å². The number of nitrogen functional groups attached to an aromatic ring is 2. The number of hydrogen-bond donors (Lipinski definition) is 2. The first-order valence-corrected chi connectivity index (χ1v) is 3.04. The second-order valence-electron chi connectivity index (χ2n) is 2.08. The van der Waals surface area contributed by atoms with Gasteiger partial charge in [-0.15, -0.1) is 0 Å². The first-order valence-electron chi connectivity index (χ1n) is 3.04. The maximum Gasteiger partial charge on any atom is 0.179 e. The quantitative estimate of drug-likeness (QED) is 0.596. The van der Waals surface area contributed by atoms with E-state index < -0.39 is 5.82 Å². The molecule has 0 unspecified atom stereocenters. The summed E-state index contributed by atoms with van der Waals surface area (Å²) in [7, 11) is 1.34. The minimum Gasteiger partial charge on any atom is -0.492 e. The Morgan fingerprint density at radius 2 is 2.00 bits per heavy atom. The van der Waals surface area contributed by atoms with Gasteiger partial charge >= 0.3 is 0 Å². The van der Waals surface area contributed by atoms with E-state index in [2.05, 4.69) is 4.74 Å². The minimum absolute atomic E-state index is 0.00463. The molecule has 0 fully saturated rings. The van der Waals surface area contributed by atoms with Crippen LogP contribution in [-0.4, -0.2) is 7.11 Å². The molecule has 4 heteroatoms. The van der Waals surface area contributed by atoms with Crippen molar-refractivity contribution in [2.24, 2.45) is 0 Å². The van der Waals surface area contributed by atoms with Crippen molar-refractivity contribution in [1.82, 2.24) is 0 Å². The third-order valence-corrected chi connectivity index (χ3v) is 1.39. The van der Waals surface area contributed by atoms with Crippen molar-refractivity contribution >= 4 is 11.4 Å². The lowest BCUT2D eigenvalue weighted by molar-refractivity contribution is 0.389. The number of methoxy groups -OCH3 is 1. The number of nitrogens with two attached hydrogens (primary N) is 2. The number of rotatable bonds is 1. The van der Waals surface area contributed by atoms with E-state index in [1.807, 2.05) is 0 Å². The van der Waals surface area contributed by atoms with Crippen LogP contribution in [0.5, 0.6) is 5.75 Å². The first-order chi connectivity index (χ1) is 5.16. The van der Waals surface area contributed by atoms with Crippen LogP contribution in [0.4, 0.5) is 15.8 Å². The van der Waals surface area contributed by atoms with Gasteiger partial charge in [-0.25, -0.2) is 4.39 Å². The Labute approximate surface area is 63.8 Å². The Kier molecular flexibility index (Phi) is 1.85. The van der Waals surface area contributed by atoms with E-state index in [0.29, 0.717) is 5.69 Å². The van der Waals surface area contributed by atoms with Crippen molar-refractivity contribution in [3.05, 3.63) is 17.9 Å². The van der Waals surface area contributed by atoms with Crippen molar-refractivity contribution in [3.8, 4) is 5.75 Å². The van der Waals surface area contributed by atoms with E-state index in [9.17, 15) is 4.39 Å². The first kappa shape index (κ1) is 7.65. The van der Waals surface area contributed by atoms with Gasteiger partial charge in [0.25, 0.3) is 0 Å². The Hall–Kier alpha value is -1.45. The molecule has 0 aliphatic rings. The number of hydrogen-bond acceptors (Lipinski definition) is 3. The third kappa shape index (κ3) is 1.19. The van der Waals surface area contributed by atoms with E-state index in [0.717, 1.165) is 0 Å². The molecule has 0 spiro atoms. The molecule has 1 rings (SSSR count). The predicted molar refractivity (Wildman–Crippen MR) is 41.8 cm³/mol. The lowest BCUT2D eigenvalue weighted by Crippen LogP contribution is -1.99. The van der Waals surface area contributed by atoms with Gasteiger partial charge in [0.15, 0.2) is 11.6 Å². The lowest BCUT2D eigenvalue weighted by atomic mass is 10.2. The number of halogens is 1. The van der Waals surface area contributed by atoms with Crippen LogP contribution in [0.2, 0.25) is 0 Å². The standard InChI is InChI=1S/C7H9FN2O/c1-11-7-4(8)2-3-5(9)6(7)10/h2-3H,9-10H2,1H3. The van der Waals surface area contributed by atoms with Crippen LogP contribution in [0, 0.1) is 5.82 Å². The minimum atomic E-state index is -0.501. The van der Waals surface area contributed by atoms with Crippen LogP contribution in [0.25, 0.3) is 0 Å². The molecule has 0 amide bonds. The molecular formula is C7H9FN2O. The summed E-state index contributed by atoms with van der Waals surface area (Å²) in [4.78, 5) is 0. The zero-order valence-electron chi connectivity index (χ0n) is 6.10. The topological polar surface area (TPSA) is 61.3 Å². The summed E-state index contributed by atoms with van der Waals surface area (Å²) in [5.41, 5.74) is 11.3. The van der Waals surface area contributed by atoms with E-state index in [1.165, 1.54) is 19.2 Å². The van der Waals surface area contributed by atoms with Crippen molar-refractivity contribution in [3.63, 3.8) is 0 Å². The van der Waals surface area contributed by atoms with Gasteiger partial charge in [-0.1, -0.05) is 0 Å². The SMILES string of the molecule is COc1c(F)ccc(N)c1N. The fourth-order valence-electron chi connectivity index (χ4n) is 0.796. The largest absolute Gasteiger partial charge is 0.492 e. The third-order valence-electron chi connectivity index (χ3n) is 1.39. The van der Waals surface area contributed by atoms with Crippen molar-refractivity contribution in [2.45, 2.75) is 0 Å². The summed E-state index contributed by atoms with van der Waals surface area (Å²) < 4.78 is 17.4. The molecule has 4 N–H and O–H groups in total. The van der Waals surface area contributed by atoms with E-state index in [4.69, 9.17) is 11.5 Å². The summed E-state index contributed by atoms with van der Waals surface area (Å²) >= 11 is 0. The Balaban J connectivity index is 3.29. The van der Waals surface area contributed by atoms with E-state index >= 15 is 0 Å².